The van der Waals surface area contributed by atoms with Gasteiger partial charge in [-0.05, 0) is 57.0 Å². The standard InChI is InChI=1S/C23H32N6O3S.ClH.H2O/c1-4-33(30,31)27-19-7-8-21-20(12-19)18(13-25-21)6-5-9-28-10-11-29(17(2)15-28)23-22(32-3)14-24-16-26-23;;/h7-8,12-14,16-17,25,27H,4-6,9-11,15H2,1-3H3;1H;1H2. The van der Waals surface area contributed by atoms with Gasteiger partial charge in [-0.1, -0.05) is 0 Å². The van der Waals surface area contributed by atoms with E-state index in [1.807, 2.05) is 18.3 Å². The number of nitrogens with zero attached hydrogens (tertiary/aromatic N) is 4. The fraction of sp³-hybridized carbons (Fsp3) is 0.478. The molecule has 1 unspecified atom stereocenters. The number of rotatable bonds is 9. The maximum absolute atomic E-state index is 11.9. The van der Waals surface area contributed by atoms with Crippen LogP contribution in [0.1, 0.15) is 25.8 Å². The summed E-state index contributed by atoms with van der Waals surface area (Å²) in [5.74, 6) is 1.62. The molecule has 4 N–H and O–H groups in total. The Morgan fingerprint density at radius 2 is 2.09 bits per heavy atom. The van der Waals surface area contributed by atoms with Gasteiger partial charge in [0.15, 0.2) is 11.6 Å². The van der Waals surface area contributed by atoms with Gasteiger partial charge in [-0.15, -0.1) is 12.4 Å². The Bertz CT molecular complexity index is 1210. The van der Waals surface area contributed by atoms with Gasteiger partial charge < -0.3 is 20.1 Å². The lowest BCUT2D eigenvalue weighted by Gasteiger charge is -2.40. The lowest BCUT2D eigenvalue weighted by atomic mass is 10.1. The van der Waals surface area contributed by atoms with E-state index in [4.69, 9.17) is 4.74 Å². The van der Waals surface area contributed by atoms with Crippen molar-refractivity contribution in [3.8, 4) is 5.75 Å². The highest BCUT2D eigenvalue weighted by Gasteiger charge is 2.26. The Kier molecular flexibility index (Phi) is 10.1. The zero-order valence-electron chi connectivity index (χ0n) is 20.3. The highest BCUT2D eigenvalue weighted by molar-refractivity contribution is 7.92. The van der Waals surface area contributed by atoms with Gasteiger partial charge in [0.2, 0.25) is 10.0 Å². The molecule has 35 heavy (non-hydrogen) atoms. The minimum Gasteiger partial charge on any atom is -0.491 e. The van der Waals surface area contributed by atoms with Crippen molar-refractivity contribution in [3.63, 3.8) is 0 Å². The van der Waals surface area contributed by atoms with Gasteiger partial charge in [0.05, 0.1) is 19.1 Å². The first-order chi connectivity index (χ1) is 15.9. The van der Waals surface area contributed by atoms with Crippen molar-refractivity contribution in [2.24, 2.45) is 0 Å². The first kappa shape index (κ1) is 28.6. The van der Waals surface area contributed by atoms with E-state index in [0.717, 1.165) is 55.7 Å². The second-order valence-electron chi connectivity index (χ2n) is 8.44. The summed E-state index contributed by atoms with van der Waals surface area (Å²) in [6.45, 7) is 7.67. The van der Waals surface area contributed by atoms with Crippen LogP contribution in [-0.2, 0) is 16.4 Å². The summed E-state index contributed by atoms with van der Waals surface area (Å²) in [5.41, 5.74) is 2.83. The molecular weight excluding hydrogens is 492 g/mol. The molecule has 1 fully saturated rings. The minimum absolute atomic E-state index is 0. The molecule has 194 valence electrons. The van der Waals surface area contributed by atoms with E-state index >= 15 is 0 Å². The highest BCUT2D eigenvalue weighted by atomic mass is 35.5. The lowest BCUT2D eigenvalue weighted by molar-refractivity contribution is 0.225. The van der Waals surface area contributed by atoms with Crippen LogP contribution >= 0.6 is 12.4 Å². The number of H-pyrrole nitrogens is 1. The average molecular weight is 527 g/mol. The number of nitrogens with one attached hydrogen (secondary N) is 2. The number of piperazine rings is 1. The molecule has 1 aliphatic heterocycles. The van der Waals surface area contributed by atoms with Crippen LogP contribution in [-0.4, -0.2) is 78.8 Å². The molecule has 1 aromatic carbocycles. The molecule has 3 heterocycles. The predicted octanol–water partition coefficient (Wildman–Crippen LogP) is 2.47. The molecule has 10 nitrogen and oxygen atoms in total. The number of sulfonamides is 1. The Balaban J connectivity index is 0.00000216. The zero-order valence-corrected chi connectivity index (χ0v) is 22.0. The van der Waals surface area contributed by atoms with Crippen molar-refractivity contribution in [2.75, 3.05) is 48.7 Å². The highest BCUT2D eigenvalue weighted by Crippen LogP contribution is 2.28. The van der Waals surface area contributed by atoms with Gasteiger partial charge in [0, 0.05) is 48.5 Å². The molecule has 0 amide bonds. The van der Waals surface area contributed by atoms with Gasteiger partial charge in [-0.25, -0.2) is 18.4 Å². The number of aromatic amines is 1. The van der Waals surface area contributed by atoms with Crippen LogP contribution in [0.3, 0.4) is 0 Å². The van der Waals surface area contributed by atoms with Crippen LogP contribution in [0, 0.1) is 0 Å². The van der Waals surface area contributed by atoms with Crippen molar-refractivity contribution in [2.45, 2.75) is 32.7 Å². The Labute approximate surface area is 212 Å². The molecule has 0 spiro atoms. The number of methoxy groups -OCH3 is 1. The normalized spacial score (nSPS) is 16.4. The quantitative estimate of drug-likeness (QED) is 0.437. The summed E-state index contributed by atoms with van der Waals surface area (Å²) >= 11 is 0. The molecule has 2 aromatic heterocycles. The fourth-order valence-electron chi connectivity index (χ4n) is 4.41. The van der Waals surface area contributed by atoms with E-state index < -0.39 is 10.0 Å². The third kappa shape index (κ3) is 6.75. The van der Waals surface area contributed by atoms with Crippen LogP contribution in [0.25, 0.3) is 10.9 Å². The summed E-state index contributed by atoms with van der Waals surface area (Å²) in [7, 11) is -1.64. The van der Waals surface area contributed by atoms with Crippen molar-refractivity contribution in [1.82, 2.24) is 19.9 Å². The molecule has 0 saturated carbocycles. The maximum Gasteiger partial charge on any atom is 0.232 e. The van der Waals surface area contributed by atoms with Crippen molar-refractivity contribution in [3.05, 3.63) is 42.5 Å². The first-order valence-corrected chi connectivity index (χ1v) is 13.0. The molecule has 0 bridgehead atoms. The maximum atomic E-state index is 11.9. The SMILES string of the molecule is CCS(=O)(=O)Nc1ccc2[nH]cc(CCCN3CCN(c4ncncc4OC)C(C)C3)c2c1.Cl.O. The third-order valence-corrected chi connectivity index (χ3v) is 7.51. The van der Waals surface area contributed by atoms with Gasteiger partial charge in [0.25, 0.3) is 0 Å². The van der Waals surface area contributed by atoms with E-state index in [-0.39, 0.29) is 23.6 Å². The summed E-state index contributed by atoms with van der Waals surface area (Å²) in [5, 5.41) is 1.07. The first-order valence-electron chi connectivity index (χ1n) is 11.3. The number of aromatic nitrogens is 3. The monoisotopic (exact) mass is 526 g/mol. The van der Waals surface area contributed by atoms with Gasteiger partial charge >= 0.3 is 0 Å². The van der Waals surface area contributed by atoms with Gasteiger partial charge in [0.1, 0.15) is 6.33 Å². The summed E-state index contributed by atoms with van der Waals surface area (Å²) in [6, 6.07) is 5.97. The lowest BCUT2D eigenvalue weighted by Crippen LogP contribution is -2.52. The second kappa shape index (κ2) is 12.4. The van der Waals surface area contributed by atoms with Crippen LogP contribution in [0.2, 0.25) is 0 Å². The number of aryl methyl sites for hydroxylation is 1. The van der Waals surface area contributed by atoms with E-state index in [1.165, 1.54) is 5.56 Å². The van der Waals surface area contributed by atoms with E-state index in [9.17, 15) is 8.42 Å². The predicted molar refractivity (Wildman–Crippen MR) is 142 cm³/mol. The minimum atomic E-state index is -3.29. The largest absolute Gasteiger partial charge is 0.491 e. The van der Waals surface area contributed by atoms with Crippen molar-refractivity contribution >= 4 is 44.8 Å². The number of anilines is 2. The van der Waals surface area contributed by atoms with Gasteiger partial charge in [-0.3, -0.25) is 9.62 Å². The third-order valence-electron chi connectivity index (χ3n) is 6.20. The van der Waals surface area contributed by atoms with Crippen LogP contribution < -0.4 is 14.4 Å². The van der Waals surface area contributed by atoms with E-state index in [0.29, 0.717) is 17.5 Å². The second-order valence-corrected chi connectivity index (χ2v) is 10.5. The van der Waals surface area contributed by atoms with Crippen LogP contribution in [0.4, 0.5) is 11.5 Å². The van der Waals surface area contributed by atoms with Crippen molar-refractivity contribution < 1.29 is 18.6 Å². The van der Waals surface area contributed by atoms with Crippen LogP contribution in [0.5, 0.6) is 5.75 Å². The smallest absolute Gasteiger partial charge is 0.232 e. The summed E-state index contributed by atoms with van der Waals surface area (Å²) in [6.07, 6.45) is 7.27. The molecular formula is C23H35ClN6O4S. The number of hydrogen-bond acceptors (Lipinski definition) is 7. The molecule has 1 atom stereocenters. The topological polar surface area (TPSA) is 135 Å². The summed E-state index contributed by atoms with van der Waals surface area (Å²) < 4.78 is 31.9. The Morgan fingerprint density at radius 3 is 2.80 bits per heavy atom. The van der Waals surface area contributed by atoms with Gasteiger partial charge in [-0.2, -0.15) is 0 Å². The molecule has 1 aliphatic rings. The number of halogens is 1. The number of fused-ring (bicyclic) bond motifs is 1. The molecule has 4 rings (SSSR count). The molecule has 0 aliphatic carbocycles. The average Bonchev–Trinajstić information content (AvgIpc) is 3.21. The Morgan fingerprint density at radius 1 is 1.29 bits per heavy atom. The Hall–Kier alpha value is -2.60. The number of ether oxygens (including phenoxy) is 1. The van der Waals surface area contributed by atoms with Crippen LogP contribution in [0.15, 0.2) is 36.9 Å². The van der Waals surface area contributed by atoms with E-state index in [1.54, 1.807) is 32.6 Å². The number of hydrogen-bond donors (Lipinski definition) is 2. The molecule has 12 heteroatoms. The van der Waals surface area contributed by atoms with Crippen molar-refractivity contribution in [1.29, 1.82) is 0 Å². The molecule has 0 radical (unpaired) electrons. The number of benzene rings is 1. The van der Waals surface area contributed by atoms with E-state index in [2.05, 4.69) is 36.4 Å². The summed E-state index contributed by atoms with van der Waals surface area (Å²) in [4.78, 5) is 16.6. The zero-order chi connectivity index (χ0) is 23.4. The fourth-order valence-corrected chi connectivity index (χ4v) is 5.04. The molecule has 3 aromatic rings. The molecule has 1 saturated heterocycles.